The Hall–Kier alpha value is -1.02. The molecule has 4 saturated carbocycles. The van der Waals surface area contributed by atoms with Gasteiger partial charge in [0, 0.05) is 12.5 Å². The van der Waals surface area contributed by atoms with E-state index in [-0.39, 0.29) is 6.04 Å². The summed E-state index contributed by atoms with van der Waals surface area (Å²) in [6.45, 7) is 0.839. The van der Waals surface area contributed by atoms with Crippen molar-refractivity contribution in [2.75, 3.05) is 6.61 Å². The lowest BCUT2D eigenvalue weighted by Gasteiger charge is -2.59. The number of ether oxygens (including phenoxy) is 1. The van der Waals surface area contributed by atoms with Gasteiger partial charge in [0.05, 0.1) is 6.61 Å². The summed E-state index contributed by atoms with van der Waals surface area (Å²) in [5.41, 5.74) is 9.98. The summed E-state index contributed by atoms with van der Waals surface area (Å²) in [6, 6.07) is 6.95. The van der Waals surface area contributed by atoms with Crippen LogP contribution in [-0.4, -0.2) is 6.61 Å². The van der Waals surface area contributed by atoms with E-state index < -0.39 is 0 Å². The zero-order valence-electron chi connectivity index (χ0n) is 12.7. The first-order chi connectivity index (χ1) is 10.2. The van der Waals surface area contributed by atoms with Gasteiger partial charge in [-0.05, 0) is 78.9 Å². The van der Waals surface area contributed by atoms with Crippen molar-refractivity contribution in [2.24, 2.45) is 28.9 Å². The molecule has 2 heteroatoms. The number of nitrogens with two attached hydrogens (primary N) is 1. The first-order valence-electron chi connectivity index (χ1n) is 8.73. The van der Waals surface area contributed by atoms with Crippen LogP contribution in [0.3, 0.4) is 0 Å². The molecule has 4 bridgehead atoms. The molecule has 2 N–H and O–H groups in total. The Labute approximate surface area is 127 Å². The first kappa shape index (κ1) is 12.5. The van der Waals surface area contributed by atoms with Crippen LogP contribution < -0.4 is 10.5 Å². The van der Waals surface area contributed by atoms with Crippen molar-refractivity contribution in [2.45, 2.75) is 51.0 Å². The molecule has 1 aromatic carbocycles. The average Bonchev–Trinajstić information content (AvgIpc) is 2.92. The monoisotopic (exact) mass is 283 g/mol. The number of hydrogen-bond acceptors (Lipinski definition) is 2. The maximum Gasteiger partial charge on any atom is 0.122 e. The van der Waals surface area contributed by atoms with E-state index in [0.717, 1.165) is 36.5 Å². The van der Waals surface area contributed by atoms with E-state index in [1.165, 1.54) is 49.7 Å². The lowest BCUT2D eigenvalue weighted by molar-refractivity contribution is -0.0677. The molecular weight excluding hydrogens is 258 g/mol. The van der Waals surface area contributed by atoms with E-state index in [1.54, 1.807) is 0 Å². The topological polar surface area (TPSA) is 35.2 Å². The third kappa shape index (κ3) is 1.81. The molecule has 1 unspecified atom stereocenters. The molecule has 0 radical (unpaired) electrons. The van der Waals surface area contributed by atoms with Gasteiger partial charge in [-0.2, -0.15) is 0 Å². The highest BCUT2D eigenvalue weighted by Gasteiger charge is 2.53. The fraction of sp³-hybridized carbons (Fsp3) is 0.684. The second-order valence-electron chi connectivity index (χ2n) is 8.22. The summed E-state index contributed by atoms with van der Waals surface area (Å²) < 4.78 is 5.64. The molecule has 1 aromatic rings. The van der Waals surface area contributed by atoms with Crippen LogP contribution in [-0.2, 0) is 6.42 Å². The minimum atomic E-state index is 0.233. The molecular formula is C19H25NO. The Morgan fingerprint density at radius 2 is 1.71 bits per heavy atom. The number of hydrogen-bond donors (Lipinski definition) is 1. The van der Waals surface area contributed by atoms with E-state index in [2.05, 4.69) is 18.2 Å². The van der Waals surface area contributed by atoms with Gasteiger partial charge in [0.1, 0.15) is 5.75 Å². The summed E-state index contributed by atoms with van der Waals surface area (Å²) >= 11 is 0. The van der Waals surface area contributed by atoms with Gasteiger partial charge in [0.2, 0.25) is 0 Å². The van der Waals surface area contributed by atoms with Crippen LogP contribution in [0.25, 0.3) is 0 Å². The summed E-state index contributed by atoms with van der Waals surface area (Å²) in [5, 5.41) is 0. The standard InChI is InChI=1S/C19H25NO/c20-18(16-1-2-17-15(8-16)3-4-21-17)19-9-12-5-13(10-19)7-14(6-12)11-19/h1-2,8,12-14,18H,3-7,9-11,20H2. The molecule has 112 valence electrons. The minimum Gasteiger partial charge on any atom is -0.493 e. The quantitative estimate of drug-likeness (QED) is 0.895. The van der Waals surface area contributed by atoms with E-state index in [1.807, 2.05) is 0 Å². The SMILES string of the molecule is NC(c1ccc2c(c1)CCO2)C12CC3CC(CC(C3)C1)C2. The van der Waals surface area contributed by atoms with Gasteiger partial charge >= 0.3 is 0 Å². The Morgan fingerprint density at radius 1 is 1.05 bits per heavy atom. The van der Waals surface area contributed by atoms with Crippen molar-refractivity contribution in [3.8, 4) is 5.75 Å². The third-order valence-corrected chi connectivity index (χ3v) is 6.82. The second kappa shape index (κ2) is 4.25. The molecule has 0 spiro atoms. The van der Waals surface area contributed by atoms with Crippen LogP contribution in [0.15, 0.2) is 18.2 Å². The van der Waals surface area contributed by atoms with E-state index in [0.29, 0.717) is 5.41 Å². The van der Waals surface area contributed by atoms with Crippen LogP contribution in [0.2, 0.25) is 0 Å². The van der Waals surface area contributed by atoms with Gasteiger partial charge in [-0.25, -0.2) is 0 Å². The first-order valence-corrected chi connectivity index (χ1v) is 8.73. The molecule has 1 atom stereocenters. The van der Waals surface area contributed by atoms with Crippen LogP contribution in [0, 0.1) is 23.2 Å². The molecule has 6 rings (SSSR count). The van der Waals surface area contributed by atoms with Gasteiger partial charge in [-0.1, -0.05) is 12.1 Å². The smallest absolute Gasteiger partial charge is 0.122 e. The highest BCUT2D eigenvalue weighted by molar-refractivity contribution is 5.41. The lowest BCUT2D eigenvalue weighted by atomic mass is 9.47. The molecule has 4 aliphatic carbocycles. The van der Waals surface area contributed by atoms with Crippen molar-refractivity contribution in [1.29, 1.82) is 0 Å². The third-order valence-electron chi connectivity index (χ3n) is 6.82. The number of fused-ring (bicyclic) bond motifs is 1. The van der Waals surface area contributed by atoms with Gasteiger partial charge in [-0.3, -0.25) is 0 Å². The summed E-state index contributed by atoms with van der Waals surface area (Å²) in [7, 11) is 0. The largest absolute Gasteiger partial charge is 0.493 e. The number of benzene rings is 1. The predicted molar refractivity (Wildman–Crippen MR) is 83.2 cm³/mol. The molecule has 0 amide bonds. The van der Waals surface area contributed by atoms with Crippen molar-refractivity contribution in [3.05, 3.63) is 29.3 Å². The second-order valence-corrected chi connectivity index (χ2v) is 8.22. The van der Waals surface area contributed by atoms with Gasteiger partial charge < -0.3 is 10.5 Å². The predicted octanol–water partition coefficient (Wildman–Crippen LogP) is 3.84. The van der Waals surface area contributed by atoms with Crippen LogP contribution in [0.4, 0.5) is 0 Å². The van der Waals surface area contributed by atoms with E-state index in [4.69, 9.17) is 10.5 Å². The van der Waals surface area contributed by atoms with Crippen molar-refractivity contribution < 1.29 is 4.74 Å². The fourth-order valence-corrected chi connectivity index (χ4v) is 6.31. The molecule has 1 heterocycles. The highest BCUT2D eigenvalue weighted by Crippen LogP contribution is 2.63. The zero-order chi connectivity index (χ0) is 14.0. The minimum absolute atomic E-state index is 0.233. The molecule has 2 nitrogen and oxygen atoms in total. The van der Waals surface area contributed by atoms with Gasteiger partial charge in [0.25, 0.3) is 0 Å². The maximum atomic E-state index is 6.85. The molecule has 0 aromatic heterocycles. The molecule has 0 saturated heterocycles. The molecule has 5 aliphatic rings. The Bertz CT molecular complexity index is 544. The summed E-state index contributed by atoms with van der Waals surface area (Å²) in [4.78, 5) is 0. The zero-order valence-corrected chi connectivity index (χ0v) is 12.7. The van der Waals surface area contributed by atoms with Crippen LogP contribution in [0.5, 0.6) is 5.75 Å². The molecule has 4 fully saturated rings. The van der Waals surface area contributed by atoms with Crippen LogP contribution in [0.1, 0.15) is 55.7 Å². The van der Waals surface area contributed by atoms with Crippen LogP contribution >= 0.6 is 0 Å². The summed E-state index contributed by atoms with van der Waals surface area (Å²) in [6.07, 6.45) is 9.67. The van der Waals surface area contributed by atoms with Crippen molar-refractivity contribution in [1.82, 2.24) is 0 Å². The van der Waals surface area contributed by atoms with Gasteiger partial charge in [-0.15, -0.1) is 0 Å². The normalized spacial score (nSPS) is 40.9. The van der Waals surface area contributed by atoms with Crippen molar-refractivity contribution >= 4 is 0 Å². The Morgan fingerprint density at radius 3 is 2.38 bits per heavy atom. The van der Waals surface area contributed by atoms with E-state index in [9.17, 15) is 0 Å². The lowest BCUT2D eigenvalue weighted by Crippen LogP contribution is -2.50. The van der Waals surface area contributed by atoms with Gasteiger partial charge in [0.15, 0.2) is 0 Å². The van der Waals surface area contributed by atoms with Crippen molar-refractivity contribution in [3.63, 3.8) is 0 Å². The highest BCUT2D eigenvalue weighted by atomic mass is 16.5. The Balaban J connectivity index is 1.49. The molecule has 21 heavy (non-hydrogen) atoms. The maximum absolute atomic E-state index is 6.85. The Kier molecular flexibility index (Phi) is 2.54. The molecule has 1 aliphatic heterocycles. The average molecular weight is 283 g/mol. The summed E-state index contributed by atoms with van der Waals surface area (Å²) in [5.74, 6) is 4.00. The fourth-order valence-electron chi connectivity index (χ4n) is 6.31. The number of rotatable bonds is 2. The van der Waals surface area contributed by atoms with E-state index >= 15 is 0 Å².